The van der Waals surface area contributed by atoms with Crippen molar-refractivity contribution >= 4 is 12.0 Å². The van der Waals surface area contributed by atoms with Crippen molar-refractivity contribution in [2.75, 3.05) is 26.3 Å². The number of carboxylic acids is 1. The van der Waals surface area contributed by atoms with Crippen LogP contribution in [0, 0.1) is 0 Å². The minimum atomic E-state index is -1.04. The number of carboxylic acid groups (broad SMARTS) is 1. The van der Waals surface area contributed by atoms with Gasteiger partial charge < -0.3 is 24.2 Å². The van der Waals surface area contributed by atoms with Crippen LogP contribution < -0.4 is 0 Å². The molecule has 1 aromatic heterocycles. The van der Waals surface area contributed by atoms with Gasteiger partial charge in [-0.25, -0.2) is 9.59 Å². The van der Waals surface area contributed by atoms with Crippen LogP contribution in [0.3, 0.4) is 0 Å². The average molecular weight is 281 g/mol. The Labute approximate surface area is 114 Å². The van der Waals surface area contributed by atoms with E-state index in [0.29, 0.717) is 38.6 Å². The number of amides is 2. The fraction of sp³-hybridized carbons (Fsp3) is 0.636. The number of ether oxygens (including phenoxy) is 1. The summed E-state index contributed by atoms with van der Waals surface area (Å²) in [5.41, 5.74) is 0. The first kappa shape index (κ1) is 12.9. The molecule has 0 aliphatic carbocycles. The van der Waals surface area contributed by atoms with Crippen molar-refractivity contribution in [3.63, 3.8) is 0 Å². The van der Waals surface area contributed by atoms with Gasteiger partial charge in [0.1, 0.15) is 6.33 Å². The predicted molar refractivity (Wildman–Crippen MR) is 64.8 cm³/mol. The minimum Gasteiger partial charge on any atom is -0.480 e. The highest BCUT2D eigenvalue weighted by atomic mass is 16.5. The van der Waals surface area contributed by atoms with Crippen LogP contribution in [0.2, 0.25) is 0 Å². The number of aromatic nitrogens is 3. The molecule has 9 heteroatoms. The van der Waals surface area contributed by atoms with Crippen molar-refractivity contribution in [3.05, 3.63) is 12.2 Å². The first-order valence-electron chi connectivity index (χ1n) is 6.39. The molecule has 0 saturated carbocycles. The molecular formula is C11H15N5O4. The van der Waals surface area contributed by atoms with E-state index >= 15 is 0 Å². The highest BCUT2D eigenvalue weighted by Crippen LogP contribution is 2.15. The van der Waals surface area contributed by atoms with Gasteiger partial charge in [0.25, 0.3) is 0 Å². The molecule has 2 aliphatic heterocycles. The summed E-state index contributed by atoms with van der Waals surface area (Å²) in [7, 11) is 0. The van der Waals surface area contributed by atoms with E-state index in [1.165, 1.54) is 4.90 Å². The molecule has 3 rings (SSSR count). The lowest BCUT2D eigenvalue weighted by atomic mass is 10.2. The van der Waals surface area contributed by atoms with E-state index in [-0.39, 0.29) is 12.6 Å². The average Bonchev–Trinajstić information content (AvgIpc) is 2.93. The molecule has 0 radical (unpaired) electrons. The molecule has 2 amide bonds. The Bertz CT molecular complexity index is 531. The van der Waals surface area contributed by atoms with Crippen molar-refractivity contribution in [2.24, 2.45) is 0 Å². The molecule has 1 aromatic rings. The van der Waals surface area contributed by atoms with Crippen LogP contribution in [0.15, 0.2) is 6.33 Å². The zero-order valence-corrected chi connectivity index (χ0v) is 10.8. The number of nitrogens with zero attached hydrogens (tertiary/aromatic N) is 5. The lowest BCUT2D eigenvalue weighted by molar-refractivity contribution is -0.147. The molecule has 1 saturated heterocycles. The Morgan fingerprint density at radius 1 is 1.35 bits per heavy atom. The number of urea groups is 1. The van der Waals surface area contributed by atoms with E-state index in [1.54, 1.807) is 11.2 Å². The number of rotatable bonds is 1. The van der Waals surface area contributed by atoms with Crippen LogP contribution in [-0.2, 0) is 22.6 Å². The maximum atomic E-state index is 12.5. The van der Waals surface area contributed by atoms with Crippen LogP contribution in [0.25, 0.3) is 0 Å². The van der Waals surface area contributed by atoms with Crippen molar-refractivity contribution in [3.8, 4) is 0 Å². The van der Waals surface area contributed by atoms with E-state index < -0.39 is 12.0 Å². The fourth-order valence-electron chi connectivity index (χ4n) is 2.45. The number of hydrogen-bond acceptors (Lipinski definition) is 5. The number of carbonyl (C=O) groups is 2. The summed E-state index contributed by atoms with van der Waals surface area (Å²) in [6, 6.07) is -1.20. The molecule has 0 aromatic carbocycles. The molecule has 20 heavy (non-hydrogen) atoms. The summed E-state index contributed by atoms with van der Waals surface area (Å²) in [6.45, 7) is 2.18. The molecule has 0 spiro atoms. The Morgan fingerprint density at radius 2 is 2.20 bits per heavy atom. The summed E-state index contributed by atoms with van der Waals surface area (Å²) in [5.74, 6) is -0.331. The van der Waals surface area contributed by atoms with Crippen molar-refractivity contribution in [1.82, 2.24) is 24.6 Å². The van der Waals surface area contributed by atoms with Gasteiger partial charge in [-0.1, -0.05) is 0 Å². The fourth-order valence-corrected chi connectivity index (χ4v) is 2.45. The van der Waals surface area contributed by atoms with E-state index in [9.17, 15) is 9.59 Å². The molecule has 3 heterocycles. The first-order valence-corrected chi connectivity index (χ1v) is 6.39. The van der Waals surface area contributed by atoms with Crippen molar-refractivity contribution in [2.45, 2.75) is 19.1 Å². The number of aliphatic carboxylic acids is 1. The Morgan fingerprint density at radius 3 is 3.00 bits per heavy atom. The minimum absolute atomic E-state index is 0.0328. The van der Waals surface area contributed by atoms with E-state index in [2.05, 4.69) is 10.2 Å². The zero-order chi connectivity index (χ0) is 14.1. The predicted octanol–water partition coefficient (Wildman–Crippen LogP) is -1.00. The normalized spacial score (nSPS) is 22.5. The highest BCUT2D eigenvalue weighted by Gasteiger charge is 2.36. The number of hydrogen-bond donors (Lipinski definition) is 1. The molecule has 2 aliphatic rings. The monoisotopic (exact) mass is 281 g/mol. The van der Waals surface area contributed by atoms with Crippen LogP contribution in [-0.4, -0.2) is 74.0 Å². The molecule has 0 bridgehead atoms. The van der Waals surface area contributed by atoms with Crippen molar-refractivity contribution in [1.29, 1.82) is 0 Å². The Kier molecular flexibility index (Phi) is 3.26. The van der Waals surface area contributed by atoms with Gasteiger partial charge in [0, 0.05) is 19.6 Å². The molecule has 108 valence electrons. The van der Waals surface area contributed by atoms with Gasteiger partial charge in [-0.05, 0) is 0 Å². The zero-order valence-electron chi connectivity index (χ0n) is 10.8. The second kappa shape index (κ2) is 5.08. The van der Waals surface area contributed by atoms with Crippen LogP contribution >= 0.6 is 0 Å². The molecule has 1 N–H and O–H groups in total. The smallest absolute Gasteiger partial charge is 0.328 e. The molecule has 9 nitrogen and oxygen atoms in total. The maximum Gasteiger partial charge on any atom is 0.328 e. The summed E-state index contributed by atoms with van der Waals surface area (Å²) < 4.78 is 7.02. The van der Waals surface area contributed by atoms with Gasteiger partial charge in [-0.2, -0.15) is 0 Å². The number of fused-ring (bicyclic) bond motifs is 1. The largest absolute Gasteiger partial charge is 0.480 e. The summed E-state index contributed by atoms with van der Waals surface area (Å²) >= 11 is 0. The van der Waals surface area contributed by atoms with Gasteiger partial charge in [-0.15, -0.1) is 10.2 Å². The highest BCUT2D eigenvalue weighted by molar-refractivity contribution is 5.83. The molecular weight excluding hydrogens is 266 g/mol. The van der Waals surface area contributed by atoms with Gasteiger partial charge in [0.2, 0.25) is 0 Å². The lowest BCUT2D eigenvalue weighted by Crippen LogP contribution is -2.57. The van der Waals surface area contributed by atoms with Crippen molar-refractivity contribution < 1.29 is 19.4 Å². The maximum absolute atomic E-state index is 12.5. The second-order valence-corrected chi connectivity index (χ2v) is 4.77. The number of carbonyl (C=O) groups excluding carboxylic acids is 1. The van der Waals surface area contributed by atoms with Gasteiger partial charge in [0.05, 0.1) is 19.8 Å². The molecule has 1 atom stereocenters. The number of morpholine rings is 1. The van der Waals surface area contributed by atoms with Crippen LogP contribution in [0.5, 0.6) is 0 Å². The first-order chi connectivity index (χ1) is 9.66. The van der Waals surface area contributed by atoms with Gasteiger partial charge in [-0.3, -0.25) is 0 Å². The second-order valence-electron chi connectivity index (χ2n) is 4.77. The van der Waals surface area contributed by atoms with E-state index in [0.717, 1.165) is 0 Å². The summed E-state index contributed by atoms with van der Waals surface area (Å²) in [5, 5.41) is 16.9. The summed E-state index contributed by atoms with van der Waals surface area (Å²) in [6.07, 6.45) is 1.63. The Balaban J connectivity index is 1.73. The van der Waals surface area contributed by atoms with Crippen LogP contribution in [0.4, 0.5) is 4.79 Å². The quantitative estimate of drug-likeness (QED) is 0.708. The Hall–Kier alpha value is -2.16. The van der Waals surface area contributed by atoms with Gasteiger partial charge >= 0.3 is 12.0 Å². The third kappa shape index (κ3) is 2.20. The third-order valence-electron chi connectivity index (χ3n) is 3.57. The van der Waals surface area contributed by atoms with Crippen LogP contribution in [0.1, 0.15) is 5.82 Å². The third-order valence-corrected chi connectivity index (χ3v) is 3.57. The van der Waals surface area contributed by atoms with Gasteiger partial charge in [0.15, 0.2) is 11.9 Å². The lowest BCUT2D eigenvalue weighted by Gasteiger charge is -2.37. The molecule has 1 fully saturated rings. The topological polar surface area (TPSA) is 101 Å². The standard InChI is InChI=1S/C11H15N5O4/c17-10(18)8-6-20-4-3-16(8)11(19)14-1-2-15-7-12-13-9(15)5-14/h7-8H,1-6H2,(H,17,18). The SMILES string of the molecule is O=C(O)C1COCCN1C(=O)N1CCn2cnnc2C1. The summed E-state index contributed by atoms with van der Waals surface area (Å²) in [4.78, 5) is 26.6. The molecule has 1 unspecified atom stereocenters. The van der Waals surface area contributed by atoms with E-state index in [1.807, 2.05) is 4.57 Å². The van der Waals surface area contributed by atoms with E-state index in [4.69, 9.17) is 9.84 Å².